The number of nitrogens with zero attached hydrogens (tertiary/aromatic N) is 3. The van der Waals surface area contributed by atoms with Crippen LogP contribution in [-0.4, -0.2) is 34.3 Å². The summed E-state index contributed by atoms with van der Waals surface area (Å²) in [5, 5.41) is 12.1. The molecule has 1 N–H and O–H groups in total. The van der Waals surface area contributed by atoms with Gasteiger partial charge in [-0.1, -0.05) is 6.07 Å². The van der Waals surface area contributed by atoms with E-state index < -0.39 is 0 Å². The van der Waals surface area contributed by atoms with Crippen LogP contribution in [0.5, 0.6) is 0 Å². The van der Waals surface area contributed by atoms with Gasteiger partial charge in [0.2, 0.25) is 0 Å². The highest BCUT2D eigenvalue weighted by Crippen LogP contribution is 2.46. The molecule has 1 saturated heterocycles. The van der Waals surface area contributed by atoms with Gasteiger partial charge in [0.05, 0.1) is 11.5 Å². The molecule has 2 aliphatic rings. The van der Waals surface area contributed by atoms with Gasteiger partial charge in [0, 0.05) is 11.1 Å². The summed E-state index contributed by atoms with van der Waals surface area (Å²) in [6.07, 6.45) is 5.14. The Balaban J connectivity index is 1.64. The average Bonchev–Trinajstić information content (AvgIpc) is 3.20. The summed E-state index contributed by atoms with van der Waals surface area (Å²) in [7, 11) is 0. The molecule has 5 heterocycles. The van der Waals surface area contributed by atoms with Gasteiger partial charge in [-0.05, 0) is 56.1 Å². The number of aromatic nitrogens is 3. The van der Waals surface area contributed by atoms with Crippen LogP contribution in [-0.2, 0) is 16.8 Å². The van der Waals surface area contributed by atoms with Gasteiger partial charge < -0.3 is 10.1 Å². The number of hydrogen-bond acceptors (Lipinski definition) is 5. The fourth-order valence-electron chi connectivity index (χ4n) is 3.74. The summed E-state index contributed by atoms with van der Waals surface area (Å²) in [6, 6.07) is 8.30. The Morgan fingerprint density at radius 1 is 1.22 bits per heavy atom. The van der Waals surface area contributed by atoms with Gasteiger partial charge in [0.25, 0.3) is 0 Å². The molecule has 3 aromatic heterocycles. The van der Waals surface area contributed by atoms with Gasteiger partial charge in [-0.2, -0.15) is 0 Å². The molecule has 0 aromatic carbocycles. The number of nitrogens with one attached hydrogen (secondary N) is 1. The number of rotatable bonds is 1. The number of fused-ring (bicyclic) bond motifs is 3. The fourth-order valence-corrected chi connectivity index (χ4v) is 5.14. The third-order valence-corrected chi connectivity index (χ3v) is 6.28. The first-order valence-corrected chi connectivity index (χ1v) is 8.95. The van der Waals surface area contributed by atoms with Crippen LogP contribution in [0, 0.1) is 0 Å². The van der Waals surface area contributed by atoms with Crippen LogP contribution in [0.15, 0.2) is 30.5 Å². The summed E-state index contributed by atoms with van der Waals surface area (Å²) >= 11 is 1.84. The maximum absolute atomic E-state index is 6.28. The van der Waals surface area contributed by atoms with Crippen LogP contribution in [0.4, 0.5) is 0 Å². The Labute approximate surface area is 138 Å². The number of hydrogen-bond donors (Lipinski definition) is 1. The maximum atomic E-state index is 6.28. The molecule has 5 rings (SSSR count). The fraction of sp³-hybridized carbons (Fsp3) is 0.412. The lowest BCUT2D eigenvalue weighted by molar-refractivity contribution is -0.0771. The molecular formula is C17H18N4OS. The number of ether oxygens (including phenoxy) is 1. The quantitative estimate of drug-likeness (QED) is 0.747. The molecule has 6 heteroatoms. The summed E-state index contributed by atoms with van der Waals surface area (Å²) in [5.41, 5.74) is 2.25. The minimum Gasteiger partial charge on any atom is -0.369 e. The minimum absolute atomic E-state index is 0.0811. The highest BCUT2D eigenvalue weighted by molar-refractivity contribution is 7.15. The van der Waals surface area contributed by atoms with Crippen LogP contribution in [0.2, 0.25) is 0 Å². The topological polar surface area (TPSA) is 51.5 Å². The zero-order valence-corrected chi connectivity index (χ0v) is 13.6. The highest BCUT2D eigenvalue weighted by atomic mass is 32.1. The Morgan fingerprint density at radius 2 is 2.13 bits per heavy atom. The molecule has 0 bridgehead atoms. The van der Waals surface area contributed by atoms with Crippen molar-refractivity contribution < 1.29 is 4.74 Å². The molecule has 23 heavy (non-hydrogen) atoms. The summed E-state index contributed by atoms with van der Waals surface area (Å²) in [4.78, 5) is 2.60. The lowest BCUT2D eigenvalue weighted by atomic mass is 9.86. The lowest BCUT2D eigenvalue weighted by Crippen LogP contribution is -2.43. The largest absolute Gasteiger partial charge is 0.369 e. The van der Waals surface area contributed by atoms with Crippen LogP contribution in [0.1, 0.15) is 23.3 Å². The van der Waals surface area contributed by atoms with Crippen molar-refractivity contribution in [1.29, 1.82) is 0 Å². The van der Waals surface area contributed by atoms with E-state index in [4.69, 9.17) is 4.74 Å². The zero-order valence-electron chi connectivity index (χ0n) is 12.8. The van der Waals surface area contributed by atoms with Crippen LogP contribution < -0.4 is 5.32 Å². The molecule has 2 aliphatic heterocycles. The van der Waals surface area contributed by atoms with Crippen molar-refractivity contribution in [3.63, 3.8) is 0 Å². The second-order valence-corrected chi connectivity index (χ2v) is 7.31. The molecule has 3 aromatic rings. The molecule has 5 nitrogen and oxygen atoms in total. The van der Waals surface area contributed by atoms with Crippen molar-refractivity contribution >= 4 is 17.0 Å². The smallest absolute Gasteiger partial charge is 0.178 e. The van der Waals surface area contributed by atoms with E-state index in [1.807, 2.05) is 35.7 Å². The molecule has 1 fully saturated rings. The predicted molar refractivity (Wildman–Crippen MR) is 89.7 cm³/mol. The second-order valence-electron chi connectivity index (χ2n) is 6.26. The van der Waals surface area contributed by atoms with E-state index in [0.717, 1.165) is 50.4 Å². The van der Waals surface area contributed by atoms with E-state index in [9.17, 15) is 0 Å². The van der Waals surface area contributed by atoms with Gasteiger partial charge in [0.1, 0.15) is 5.60 Å². The third-order valence-electron chi connectivity index (χ3n) is 4.92. The predicted octanol–water partition coefficient (Wildman–Crippen LogP) is 2.61. The maximum Gasteiger partial charge on any atom is 0.178 e. The van der Waals surface area contributed by atoms with Crippen molar-refractivity contribution in [2.75, 3.05) is 19.7 Å². The Morgan fingerprint density at radius 3 is 3.04 bits per heavy atom. The van der Waals surface area contributed by atoms with E-state index >= 15 is 0 Å². The molecule has 0 saturated carbocycles. The standard InChI is InChI=1S/C17H18N4OS/c1-2-9-21-14(3-1)19-20-16(21)13-11-12-4-10-22-17(15(12)23-13)5-7-18-8-6-17/h1-3,9,11,18H,4-8,10H2. The van der Waals surface area contributed by atoms with Gasteiger partial charge in [-0.15, -0.1) is 21.5 Å². The molecule has 1 spiro atoms. The number of piperidine rings is 1. The number of thiophene rings is 1. The van der Waals surface area contributed by atoms with Crippen molar-refractivity contribution in [3.05, 3.63) is 40.9 Å². The SMILES string of the molecule is c1ccn2c(-c3cc4c(s3)C3(CCNCC3)OCC4)nnc2c1. The van der Waals surface area contributed by atoms with Gasteiger partial charge in [0.15, 0.2) is 11.5 Å². The van der Waals surface area contributed by atoms with Gasteiger partial charge in [-0.25, -0.2) is 0 Å². The van der Waals surface area contributed by atoms with E-state index in [0.29, 0.717) is 0 Å². The molecule has 0 radical (unpaired) electrons. The Kier molecular flexibility index (Phi) is 3.04. The van der Waals surface area contributed by atoms with Gasteiger partial charge in [-0.3, -0.25) is 4.40 Å². The summed E-state index contributed by atoms with van der Waals surface area (Å²) in [5.74, 6) is 0.934. The molecule has 0 unspecified atom stereocenters. The highest BCUT2D eigenvalue weighted by Gasteiger charge is 2.41. The van der Waals surface area contributed by atoms with Crippen LogP contribution in [0.3, 0.4) is 0 Å². The Bertz CT molecular complexity index is 862. The first-order chi connectivity index (χ1) is 11.4. The summed E-state index contributed by atoms with van der Waals surface area (Å²) < 4.78 is 8.34. The first-order valence-electron chi connectivity index (χ1n) is 8.14. The van der Waals surface area contributed by atoms with E-state index in [-0.39, 0.29) is 5.60 Å². The monoisotopic (exact) mass is 326 g/mol. The molecule has 0 amide bonds. The van der Waals surface area contributed by atoms with Gasteiger partial charge >= 0.3 is 0 Å². The number of pyridine rings is 1. The van der Waals surface area contributed by atoms with Crippen molar-refractivity contribution in [1.82, 2.24) is 19.9 Å². The molecule has 0 aliphatic carbocycles. The van der Waals surface area contributed by atoms with Crippen LogP contribution in [0.25, 0.3) is 16.3 Å². The lowest BCUT2D eigenvalue weighted by Gasteiger charge is -2.40. The zero-order chi connectivity index (χ0) is 15.3. The van der Waals surface area contributed by atoms with Crippen molar-refractivity contribution in [3.8, 4) is 10.7 Å². The van der Waals surface area contributed by atoms with Crippen molar-refractivity contribution in [2.24, 2.45) is 0 Å². The van der Waals surface area contributed by atoms with E-state index in [2.05, 4.69) is 26.0 Å². The minimum atomic E-state index is -0.0811. The third kappa shape index (κ3) is 2.06. The van der Waals surface area contributed by atoms with Crippen molar-refractivity contribution in [2.45, 2.75) is 24.9 Å². The second kappa shape index (κ2) is 5.12. The molecule has 0 atom stereocenters. The molecule has 118 valence electrons. The normalized spacial score (nSPS) is 20.0. The van der Waals surface area contributed by atoms with E-state index in [1.165, 1.54) is 15.3 Å². The average molecular weight is 326 g/mol. The van der Waals surface area contributed by atoms with Crippen LogP contribution >= 0.6 is 11.3 Å². The first kappa shape index (κ1) is 13.7. The summed E-state index contributed by atoms with van der Waals surface area (Å²) in [6.45, 7) is 2.88. The Hall–Kier alpha value is -1.76. The molecular weight excluding hydrogens is 308 g/mol. The van der Waals surface area contributed by atoms with E-state index in [1.54, 1.807) is 0 Å².